The number of hydrogen-bond donors (Lipinski definition) is 1. The summed E-state index contributed by atoms with van der Waals surface area (Å²) < 4.78 is 25.3. The van der Waals surface area contributed by atoms with Gasteiger partial charge < -0.3 is 19.7 Å². The molecule has 1 N–H and O–H groups in total. The number of nitrogens with one attached hydrogen (secondary N) is 1. The van der Waals surface area contributed by atoms with Gasteiger partial charge in [-0.15, -0.1) is 0 Å². The van der Waals surface area contributed by atoms with Gasteiger partial charge in [0.1, 0.15) is 17.5 Å². The van der Waals surface area contributed by atoms with Gasteiger partial charge in [-0.2, -0.15) is 4.98 Å². The SMILES string of the molecule is C[C@H](NC(=O)OC(C)(C)C)c1ccc(O[C@@H]2CCN(c3nc(Cl)ncc3F)C2)cc1. The van der Waals surface area contributed by atoms with E-state index in [-0.39, 0.29) is 23.2 Å². The molecule has 2 heterocycles. The highest BCUT2D eigenvalue weighted by Crippen LogP contribution is 2.26. The first kappa shape index (κ1) is 22.1. The minimum atomic E-state index is -0.545. The van der Waals surface area contributed by atoms with E-state index in [1.807, 2.05) is 52.0 Å². The molecule has 9 heteroatoms. The van der Waals surface area contributed by atoms with E-state index in [0.717, 1.165) is 18.2 Å². The number of anilines is 1. The van der Waals surface area contributed by atoms with E-state index in [2.05, 4.69) is 15.3 Å². The Balaban J connectivity index is 1.55. The predicted octanol–water partition coefficient (Wildman–Crippen LogP) is 4.51. The lowest BCUT2D eigenvalue weighted by atomic mass is 10.1. The molecule has 0 saturated carbocycles. The first-order valence-corrected chi connectivity index (χ1v) is 10.2. The summed E-state index contributed by atoms with van der Waals surface area (Å²) in [5.74, 6) is 0.394. The molecule has 30 heavy (non-hydrogen) atoms. The zero-order chi connectivity index (χ0) is 21.9. The third kappa shape index (κ3) is 5.95. The average molecular weight is 437 g/mol. The molecule has 0 spiro atoms. The smallest absolute Gasteiger partial charge is 0.408 e. The van der Waals surface area contributed by atoms with Crippen LogP contribution in [0.15, 0.2) is 30.5 Å². The number of amides is 1. The molecule has 0 bridgehead atoms. The maximum absolute atomic E-state index is 14.0. The first-order chi connectivity index (χ1) is 14.1. The second-order valence-electron chi connectivity index (χ2n) is 8.22. The van der Waals surface area contributed by atoms with Crippen LogP contribution in [-0.2, 0) is 4.74 Å². The molecule has 3 rings (SSSR count). The van der Waals surface area contributed by atoms with Crippen molar-refractivity contribution in [2.24, 2.45) is 0 Å². The van der Waals surface area contributed by atoms with Crippen LogP contribution in [0.2, 0.25) is 5.28 Å². The summed E-state index contributed by atoms with van der Waals surface area (Å²) in [6, 6.07) is 7.30. The monoisotopic (exact) mass is 436 g/mol. The number of carbonyl (C=O) groups excluding carboxylic acids is 1. The zero-order valence-electron chi connectivity index (χ0n) is 17.5. The summed E-state index contributed by atoms with van der Waals surface area (Å²) in [5.41, 5.74) is 0.385. The molecule has 162 valence electrons. The molecule has 2 aromatic rings. The van der Waals surface area contributed by atoms with Crippen molar-refractivity contribution in [1.82, 2.24) is 15.3 Å². The van der Waals surface area contributed by atoms with Crippen molar-refractivity contribution < 1.29 is 18.7 Å². The molecule has 0 aliphatic carbocycles. The van der Waals surface area contributed by atoms with E-state index in [1.54, 1.807) is 4.90 Å². The number of hydrogen-bond acceptors (Lipinski definition) is 6. The van der Waals surface area contributed by atoms with Gasteiger partial charge in [0.15, 0.2) is 11.6 Å². The molecule has 1 amide bonds. The molecule has 1 fully saturated rings. The Hall–Kier alpha value is -2.61. The lowest BCUT2D eigenvalue weighted by Crippen LogP contribution is -2.34. The third-order valence-electron chi connectivity index (χ3n) is 4.56. The van der Waals surface area contributed by atoms with E-state index in [1.165, 1.54) is 0 Å². The molecule has 0 radical (unpaired) electrons. The van der Waals surface area contributed by atoms with Crippen molar-refractivity contribution in [3.05, 3.63) is 47.1 Å². The lowest BCUT2D eigenvalue weighted by molar-refractivity contribution is 0.0508. The molecule has 1 saturated heterocycles. The maximum Gasteiger partial charge on any atom is 0.408 e. The van der Waals surface area contributed by atoms with Crippen LogP contribution in [0.3, 0.4) is 0 Å². The third-order valence-corrected chi connectivity index (χ3v) is 4.74. The van der Waals surface area contributed by atoms with Crippen molar-refractivity contribution in [2.45, 2.75) is 51.9 Å². The van der Waals surface area contributed by atoms with Crippen molar-refractivity contribution >= 4 is 23.5 Å². The largest absolute Gasteiger partial charge is 0.489 e. The highest BCUT2D eigenvalue weighted by molar-refractivity contribution is 6.28. The second kappa shape index (κ2) is 9.04. The fourth-order valence-corrected chi connectivity index (χ4v) is 3.30. The maximum atomic E-state index is 14.0. The van der Waals surface area contributed by atoms with Gasteiger partial charge in [-0.25, -0.2) is 14.2 Å². The topological polar surface area (TPSA) is 76.6 Å². The van der Waals surface area contributed by atoms with Gasteiger partial charge in [0, 0.05) is 13.0 Å². The van der Waals surface area contributed by atoms with Crippen LogP contribution in [0.5, 0.6) is 5.75 Å². The number of aromatic nitrogens is 2. The van der Waals surface area contributed by atoms with E-state index < -0.39 is 17.5 Å². The van der Waals surface area contributed by atoms with Crippen LogP contribution in [0.25, 0.3) is 0 Å². The average Bonchev–Trinajstić information content (AvgIpc) is 3.11. The number of halogens is 2. The van der Waals surface area contributed by atoms with Crippen LogP contribution in [-0.4, -0.2) is 40.9 Å². The van der Waals surface area contributed by atoms with Crippen LogP contribution in [0.4, 0.5) is 15.0 Å². The van der Waals surface area contributed by atoms with Gasteiger partial charge in [-0.3, -0.25) is 0 Å². The number of ether oxygens (including phenoxy) is 2. The van der Waals surface area contributed by atoms with Gasteiger partial charge in [0.05, 0.1) is 18.8 Å². The van der Waals surface area contributed by atoms with Crippen LogP contribution in [0.1, 0.15) is 45.7 Å². The van der Waals surface area contributed by atoms with E-state index in [0.29, 0.717) is 18.8 Å². The van der Waals surface area contributed by atoms with E-state index in [9.17, 15) is 9.18 Å². The van der Waals surface area contributed by atoms with Gasteiger partial charge in [0.25, 0.3) is 0 Å². The molecule has 2 atom stereocenters. The highest BCUT2D eigenvalue weighted by atomic mass is 35.5. The zero-order valence-corrected chi connectivity index (χ0v) is 18.2. The van der Waals surface area contributed by atoms with E-state index in [4.69, 9.17) is 21.1 Å². The van der Waals surface area contributed by atoms with Crippen molar-refractivity contribution in [3.63, 3.8) is 0 Å². The number of alkyl carbamates (subject to hydrolysis) is 1. The normalized spacial score (nSPS) is 17.5. The highest BCUT2D eigenvalue weighted by Gasteiger charge is 2.27. The van der Waals surface area contributed by atoms with E-state index >= 15 is 0 Å². The van der Waals surface area contributed by atoms with Crippen molar-refractivity contribution in [2.75, 3.05) is 18.0 Å². The minimum Gasteiger partial charge on any atom is -0.489 e. The Labute approximate surface area is 180 Å². The minimum absolute atomic E-state index is 0.0143. The lowest BCUT2D eigenvalue weighted by Gasteiger charge is -2.22. The van der Waals surface area contributed by atoms with Crippen LogP contribution < -0.4 is 15.0 Å². The Morgan fingerprint density at radius 1 is 1.33 bits per heavy atom. The molecular weight excluding hydrogens is 411 g/mol. The Morgan fingerprint density at radius 2 is 2.03 bits per heavy atom. The molecule has 1 aromatic carbocycles. The van der Waals surface area contributed by atoms with Gasteiger partial charge in [-0.1, -0.05) is 12.1 Å². The molecule has 1 aromatic heterocycles. The Bertz CT molecular complexity index is 889. The van der Waals surface area contributed by atoms with Gasteiger partial charge in [-0.05, 0) is 57.0 Å². The number of benzene rings is 1. The summed E-state index contributed by atoms with van der Waals surface area (Å²) >= 11 is 5.78. The Morgan fingerprint density at radius 3 is 2.70 bits per heavy atom. The number of rotatable bonds is 5. The Kier molecular flexibility index (Phi) is 6.65. The van der Waals surface area contributed by atoms with Gasteiger partial charge >= 0.3 is 6.09 Å². The first-order valence-electron chi connectivity index (χ1n) is 9.80. The predicted molar refractivity (Wildman–Crippen MR) is 112 cm³/mol. The second-order valence-corrected chi connectivity index (χ2v) is 8.56. The molecular formula is C21H26ClFN4O3. The molecule has 0 unspecified atom stereocenters. The quantitative estimate of drug-likeness (QED) is 0.695. The fraction of sp³-hybridized carbons (Fsp3) is 0.476. The van der Waals surface area contributed by atoms with Crippen molar-refractivity contribution in [1.29, 1.82) is 0 Å². The van der Waals surface area contributed by atoms with Gasteiger partial charge in [0.2, 0.25) is 5.28 Å². The molecule has 1 aliphatic rings. The number of carbonyl (C=O) groups is 1. The van der Waals surface area contributed by atoms with Crippen LogP contribution in [0, 0.1) is 5.82 Å². The fourth-order valence-electron chi connectivity index (χ4n) is 3.17. The summed E-state index contributed by atoms with van der Waals surface area (Å²) in [5, 5.41) is 2.83. The number of nitrogens with zero attached hydrogens (tertiary/aromatic N) is 3. The van der Waals surface area contributed by atoms with Crippen LogP contribution >= 0.6 is 11.6 Å². The van der Waals surface area contributed by atoms with Crippen molar-refractivity contribution in [3.8, 4) is 5.75 Å². The summed E-state index contributed by atoms with van der Waals surface area (Å²) in [7, 11) is 0. The summed E-state index contributed by atoms with van der Waals surface area (Å²) in [6.45, 7) is 8.46. The standard InChI is InChI=1S/C21H26ClFN4O3/c1-13(25-20(28)30-21(2,3)4)14-5-7-15(8-6-14)29-16-9-10-27(12-16)18-17(23)11-24-19(22)26-18/h5-8,11,13,16H,9-10,12H2,1-4H3,(H,25,28)/t13-,16+/m0/s1. The summed E-state index contributed by atoms with van der Waals surface area (Å²) in [4.78, 5) is 21.3. The summed E-state index contributed by atoms with van der Waals surface area (Å²) in [6.07, 6.45) is 1.25. The molecule has 7 nitrogen and oxygen atoms in total. The molecule has 1 aliphatic heterocycles.